The van der Waals surface area contributed by atoms with Crippen LogP contribution >= 0.6 is 23.2 Å². The minimum absolute atomic E-state index is 0.205. The molecule has 0 aliphatic heterocycles. The summed E-state index contributed by atoms with van der Waals surface area (Å²) in [6.45, 7) is 2.03. The second-order valence-corrected chi connectivity index (χ2v) is 7.65. The van der Waals surface area contributed by atoms with E-state index in [2.05, 4.69) is 15.4 Å². The number of hydrogen-bond acceptors (Lipinski definition) is 4. The van der Waals surface area contributed by atoms with E-state index in [9.17, 15) is 14.4 Å². The second kappa shape index (κ2) is 12.2. The van der Waals surface area contributed by atoms with Gasteiger partial charge in [-0.05, 0) is 30.2 Å². The number of hydrogen-bond donors (Lipinski definition) is 2. The van der Waals surface area contributed by atoms with Crippen LogP contribution in [0.1, 0.15) is 18.9 Å². The largest absolute Gasteiger partial charge is 0.453 e. The summed E-state index contributed by atoms with van der Waals surface area (Å²) in [6.07, 6.45) is 0.171. The Morgan fingerprint density at radius 1 is 1.10 bits per heavy atom. The summed E-state index contributed by atoms with van der Waals surface area (Å²) in [6, 6.07) is 13.1. The summed E-state index contributed by atoms with van der Waals surface area (Å²) in [4.78, 5) is 39.1. The molecule has 0 aliphatic carbocycles. The number of nitrogens with one attached hydrogen (secondary N) is 2. The lowest BCUT2D eigenvalue weighted by Crippen LogP contribution is -2.51. The highest BCUT2D eigenvalue weighted by Gasteiger charge is 2.27. The topological polar surface area (TPSA) is 87.7 Å². The average molecular weight is 466 g/mol. The molecule has 9 heteroatoms. The van der Waals surface area contributed by atoms with Crippen molar-refractivity contribution in [3.05, 3.63) is 64.1 Å². The van der Waals surface area contributed by atoms with Gasteiger partial charge in [-0.3, -0.25) is 9.59 Å². The maximum atomic E-state index is 13.2. The molecule has 0 aliphatic rings. The van der Waals surface area contributed by atoms with Crippen LogP contribution in [0, 0.1) is 0 Å². The van der Waals surface area contributed by atoms with Crippen LogP contribution in [-0.2, 0) is 20.7 Å². The summed E-state index contributed by atoms with van der Waals surface area (Å²) >= 11 is 12.1. The second-order valence-electron chi connectivity index (χ2n) is 6.81. The van der Waals surface area contributed by atoms with Crippen LogP contribution in [0.15, 0.2) is 48.5 Å². The molecule has 1 atom stereocenters. The van der Waals surface area contributed by atoms with Crippen molar-refractivity contribution in [3.63, 3.8) is 0 Å². The highest BCUT2D eigenvalue weighted by molar-refractivity contribution is 6.35. The predicted octanol–water partition coefficient (Wildman–Crippen LogP) is 4.14. The summed E-state index contributed by atoms with van der Waals surface area (Å²) in [5.41, 5.74) is 1.22. The monoisotopic (exact) mass is 465 g/mol. The molecule has 0 aromatic heterocycles. The quantitative estimate of drug-likeness (QED) is 0.582. The number of methoxy groups -OCH3 is 1. The maximum Gasteiger partial charge on any atom is 0.407 e. The Bertz CT molecular complexity index is 909. The fraction of sp³-hybridized carbons (Fsp3) is 0.318. The van der Waals surface area contributed by atoms with Gasteiger partial charge >= 0.3 is 6.09 Å². The Morgan fingerprint density at radius 3 is 2.45 bits per heavy atom. The van der Waals surface area contributed by atoms with Gasteiger partial charge in [0.2, 0.25) is 11.8 Å². The Kier molecular flexibility index (Phi) is 9.62. The molecule has 31 heavy (non-hydrogen) atoms. The van der Waals surface area contributed by atoms with E-state index in [0.717, 1.165) is 5.56 Å². The van der Waals surface area contributed by atoms with Crippen LogP contribution in [0.5, 0.6) is 0 Å². The van der Waals surface area contributed by atoms with Crippen LogP contribution < -0.4 is 10.6 Å². The van der Waals surface area contributed by atoms with E-state index < -0.39 is 18.0 Å². The lowest BCUT2D eigenvalue weighted by atomic mass is 10.0. The molecule has 0 saturated carbocycles. The van der Waals surface area contributed by atoms with E-state index in [1.807, 2.05) is 37.3 Å². The predicted molar refractivity (Wildman–Crippen MR) is 121 cm³/mol. The normalized spacial score (nSPS) is 11.4. The number of anilines is 1. The van der Waals surface area contributed by atoms with Crippen molar-refractivity contribution in [3.8, 4) is 0 Å². The van der Waals surface area contributed by atoms with Crippen LogP contribution in [0.3, 0.4) is 0 Å². The molecule has 2 aromatic rings. The van der Waals surface area contributed by atoms with E-state index in [1.54, 1.807) is 12.1 Å². The molecule has 7 nitrogen and oxygen atoms in total. The van der Waals surface area contributed by atoms with Gasteiger partial charge in [-0.15, -0.1) is 0 Å². The number of amides is 3. The molecule has 3 amide bonds. The molecule has 2 aromatic carbocycles. The van der Waals surface area contributed by atoms with Gasteiger partial charge in [0.15, 0.2) is 0 Å². The van der Waals surface area contributed by atoms with Crippen molar-refractivity contribution in [2.45, 2.75) is 25.8 Å². The smallest absolute Gasteiger partial charge is 0.407 e. The Balaban J connectivity index is 2.16. The Hall–Kier alpha value is -2.77. The first-order valence-corrected chi connectivity index (χ1v) is 10.5. The standard InChI is InChI=1S/C22H25Cl2N3O4/c1-3-11-27(14-20(28)25-18-13-16(23)9-10-17(18)24)21(29)19(26-22(30)31-2)12-15-7-5-4-6-8-15/h4-10,13,19H,3,11-12,14H2,1-2H3,(H,25,28)(H,26,30). The number of nitrogens with zero attached hydrogens (tertiary/aromatic N) is 1. The first kappa shape index (κ1) is 24.5. The van der Waals surface area contributed by atoms with E-state index in [-0.39, 0.29) is 18.9 Å². The molecular formula is C22H25Cl2N3O4. The van der Waals surface area contributed by atoms with Gasteiger partial charge in [0.25, 0.3) is 0 Å². The first-order chi connectivity index (χ1) is 14.8. The summed E-state index contributed by atoms with van der Waals surface area (Å²) < 4.78 is 4.67. The number of ether oxygens (including phenoxy) is 1. The third kappa shape index (κ3) is 7.77. The van der Waals surface area contributed by atoms with Crippen molar-refractivity contribution in [2.24, 2.45) is 0 Å². The van der Waals surface area contributed by atoms with E-state index >= 15 is 0 Å². The molecule has 0 fully saturated rings. The molecule has 0 heterocycles. The summed E-state index contributed by atoms with van der Waals surface area (Å²) in [5.74, 6) is -0.814. The third-order valence-electron chi connectivity index (χ3n) is 4.40. The Labute approximate surface area is 191 Å². The van der Waals surface area contributed by atoms with Gasteiger partial charge in [0, 0.05) is 18.0 Å². The molecule has 1 unspecified atom stereocenters. The zero-order valence-corrected chi connectivity index (χ0v) is 18.9. The first-order valence-electron chi connectivity index (χ1n) is 9.76. The highest BCUT2D eigenvalue weighted by atomic mass is 35.5. The van der Waals surface area contributed by atoms with Crippen molar-refractivity contribution in [1.29, 1.82) is 0 Å². The molecule has 2 N–H and O–H groups in total. The van der Waals surface area contributed by atoms with Crippen LogP contribution in [0.4, 0.5) is 10.5 Å². The zero-order valence-electron chi connectivity index (χ0n) is 17.4. The van der Waals surface area contributed by atoms with E-state index in [1.165, 1.54) is 18.1 Å². The molecular weight excluding hydrogens is 441 g/mol. The van der Waals surface area contributed by atoms with E-state index in [4.69, 9.17) is 23.2 Å². The lowest BCUT2D eigenvalue weighted by Gasteiger charge is -2.27. The van der Waals surface area contributed by atoms with Gasteiger partial charge < -0.3 is 20.3 Å². The zero-order chi connectivity index (χ0) is 22.8. The van der Waals surface area contributed by atoms with Gasteiger partial charge in [-0.2, -0.15) is 0 Å². The number of halogens is 2. The molecule has 166 valence electrons. The maximum absolute atomic E-state index is 13.2. The SMILES string of the molecule is CCCN(CC(=O)Nc1cc(Cl)ccc1Cl)C(=O)C(Cc1ccccc1)NC(=O)OC. The molecule has 0 saturated heterocycles. The third-order valence-corrected chi connectivity index (χ3v) is 4.97. The van der Waals surface area contributed by atoms with Gasteiger partial charge in [-0.25, -0.2) is 4.79 Å². The molecule has 0 bridgehead atoms. The summed E-state index contributed by atoms with van der Waals surface area (Å²) in [7, 11) is 1.23. The lowest BCUT2D eigenvalue weighted by molar-refractivity contribution is -0.136. The van der Waals surface area contributed by atoms with Crippen molar-refractivity contribution in [2.75, 3.05) is 25.5 Å². The van der Waals surface area contributed by atoms with Crippen molar-refractivity contribution < 1.29 is 19.1 Å². The van der Waals surface area contributed by atoms with Gasteiger partial charge in [-0.1, -0.05) is 60.5 Å². The average Bonchev–Trinajstić information content (AvgIpc) is 2.75. The van der Waals surface area contributed by atoms with Gasteiger partial charge in [0.05, 0.1) is 24.4 Å². The minimum atomic E-state index is -0.885. The number of benzene rings is 2. The fourth-order valence-electron chi connectivity index (χ4n) is 2.96. The van der Waals surface area contributed by atoms with E-state index in [0.29, 0.717) is 28.7 Å². The minimum Gasteiger partial charge on any atom is -0.453 e. The molecule has 0 radical (unpaired) electrons. The number of carbonyl (C=O) groups is 3. The van der Waals surface area contributed by atoms with Crippen molar-refractivity contribution >= 4 is 46.8 Å². The van der Waals surface area contributed by atoms with Gasteiger partial charge in [0.1, 0.15) is 6.04 Å². The van der Waals surface area contributed by atoms with Crippen LogP contribution in [-0.4, -0.2) is 49.0 Å². The van der Waals surface area contributed by atoms with Crippen LogP contribution in [0.2, 0.25) is 10.0 Å². The summed E-state index contributed by atoms with van der Waals surface area (Å²) in [5, 5.41) is 6.00. The highest BCUT2D eigenvalue weighted by Crippen LogP contribution is 2.25. The molecule has 0 spiro atoms. The fourth-order valence-corrected chi connectivity index (χ4v) is 3.30. The van der Waals surface area contributed by atoms with Crippen molar-refractivity contribution in [1.82, 2.24) is 10.2 Å². The number of rotatable bonds is 9. The Morgan fingerprint density at radius 2 is 1.81 bits per heavy atom. The molecule has 2 rings (SSSR count). The number of alkyl carbamates (subject to hydrolysis) is 1. The van der Waals surface area contributed by atoms with Crippen LogP contribution in [0.25, 0.3) is 0 Å². The number of carbonyl (C=O) groups excluding carboxylic acids is 3.